The molecule has 154 valence electrons. The molecule has 9 heteroatoms. The Balaban J connectivity index is 2.13. The van der Waals surface area contributed by atoms with Crippen LogP contribution in [0.1, 0.15) is 32.2 Å². The second-order valence-electron chi connectivity index (χ2n) is 7.47. The van der Waals surface area contributed by atoms with Crippen molar-refractivity contribution in [3.05, 3.63) is 63.7 Å². The third-order valence-electron chi connectivity index (χ3n) is 4.10. The second-order valence-corrected chi connectivity index (χ2v) is 10.7. The van der Waals surface area contributed by atoms with Crippen LogP contribution < -0.4 is 10.3 Å². The number of ether oxygens (including phenoxy) is 1. The molecule has 0 N–H and O–H groups in total. The summed E-state index contributed by atoms with van der Waals surface area (Å²) in [6.45, 7) is 5.98. The van der Waals surface area contributed by atoms with E-state index < -0.39 is 0 Å². The first-order valence-corrected chi connectivity index (χ1v) is 11.8. The Morgan fingerprint density at radius 1 is 1.27 bits per heavy atom. The van der Waals surface area contributed by atoms with Gasteiger partial charge in [-0.1, -0.05) is 36.7 Å². The summed E-state index contributed by atoms with van der Waals surface area (Å²) >= 11 is 7.74. The van der Waals surface area contributed by atoms with Crippen molar-refractivity contribution in [1.82, 2.24) is 9.66 Å². The van der Waals surface area contributed by atoms with Crippen LogP contribution in [-0.4, -0.2) is 22.5 Å². The summed E-state index contributed by atoms with van der Waals surface area (Å²) in [5, 5.41) is 13.7. The number of nitriles is 1. The van der Waals surface area contributed by atoms with Crippen LogP contribution in [0.2, 0.25) is 0 Å². The Kier molecular flexibility index (Phi) is 7.19. The number of hydrogen-bond acceptors (Lipinski definition) is 5. The van der Waals surface area contributed by atoms with Crippen LogP contribution in [-0.2, 0) is 5.41 Å². The van der Waals surface area contributed by atoms with Crippen molar-refractivity contribution < 1.29 is 4.74 Å². The van der Waals surface area contributed by atoms with Gasteiger partial charge in [-0.25, -0.2) is 4.98 Å². The molecule has 0 unspecified atom stereocenters. The van der Waals surface area contributed by atoms with Crippen LogP contribution in [0.25, 0.3) is 10.9 Å². The Hall–Kier alpha value is -1.52. The minimum Gasteiger partial charge on any atom is -0.477 e. The third kappa shape index (κ3) is 5.03. The van der Waals surface area contributed by atoms with Gasteiger partial charge < -0.3 is 4.74 Å². The molecule has 0 saturated heterocycles. The van der Waals surface area contributed by atoms with E-state index in [1.165, 1.54) is 4.68 Å². The fourth-order valence-corrected chi connectivity index (χ4v) is 5.25. The molecular formula is C21H17BrI2N4O2. The first kappa shape index (κ1) is 23.1. The van der Waals surface area contributed by atoms with Gasteiger partial charge in [0, 0.05) is 9.89 Å². The number of benzene rings is 2. The summed E-state index contributed by atoms with van der Waals surface area (Å²) in [7, 11) is 0. The monoisotopic (exact) mass is 690 g/mol. The summed E-state index contributed by atoms with van der Waals surface area (Å²) in [5.41, 5.74) is 0.855. The molecule has 3 aromatic rings. The lowest BCUT2D eigenvalue weighted by atomic mass is 9.95. The zero-order chi connectivity index (χ0) is 22.1. The Bertz CT molecular complexity index is 1230. The number of fused-ring (bicyclic) bond motifs is 1. The van der Waals surface area contributed by atoms with Gasteiger partial charge in [-0.15, -0.1) is 0 Å². The van der Waals surface area contributed by atoms with Crippen molar-refractivity contribution in [1.29, 1.82) is 5.26 Å². The minimum atomic E-state index is -0.379. The third-order valence-corrected chi connectivity index (χ3v) is 6.20. The van der Waals surface area contributed by atoms with Gasteiger partial charge >= 0.3 is 0 Å². The van der Waals surface area contributed by atoms with Gasteiger partial charge in [0.1, 0.15) is 17.6 Å². The van der Waals surface area contributed by atoms with Crippen molar-refractivity contribution in [2.75, 3.05) is 6.61 Å². The molecule has 0 bridgehead atoms. The highest BCUT2D eigenvalue weighted by Gasteiger charge is 2.23. The van der Waals surface area contributed by atoms with E-state index in [9.17, 15) is 4.79 Å². The maximum absolute atomic E-state index is 13.2. The van der Waals surface area contributed by atoms with Crippen molar-refractivity contribution in [2.24, 2.45) is 5.10 Å². The van der Waals surface area contributed by atoms with Crippen LogP contribution in [0.5, 0.6) is 5.75 Å². The van der Waals surface area contributed by atoms with E-state index in [4.69, 9.17) is 15.0 Å². The quantitative estimate of drug-likeness (QED) is 0.270. The highest BCUT2D eigenvalue weighted by molar-refractivity contribution is 14.1. The van der Waals surface area contributed by atoms with Gasteiger partial charge in [0.2, 0.25) is 0 Å². The predicted molar refractivity (Wildman–Crippen MR) is 138 cm³/mol. The maximum atomic E-state index is 13.2. The Labute approximate surface area is 209 Å². The molecule has 0 amide bonds. The fraction of sp³-hybridized carbons (Fsp3) is 0.238. The van der Waals surface area contributed by atoms with Crippen molar-refractivity contribution in [3.8, 4) is 11.8 Å². The molecule has 1 aromatic heterocycles. The van der Waals surface area contributed by atoms with Gasteiger partial charge in [0.05, 0.1) is 24.3 Å². The van der Waals surface area contributed by atoms with E-state index in [1.54, 1.807) is 12.3 Å². The van der Waals surface area contributed by atoms with E-state index in [-0.39, 0.29) is 17.6 Å². The first-order chi connectivity index (χ1) is 14.1. The lowest BCUT2D eigenvalue weighted by molar-refractivity contribution is 0.363. The van der Waals surface area contributed by atoms with Gasteiger partial charge in [0.15, 0.2) is 6.61 Å². The highest BCUT2D eigenvalue weighted by atomic mass is 127. The standard InChI is InChI=1S/C21H17BrI2N4O2/c1-21(2,3)20-27-17-5-4-13(22)10-14(17)19(29)28(20)26-11-12-8-15(23)18(16(24)9-12)30-7-6-25/h4-5,8-11H,7H2,1-3H3. The van der Waals surface area contributed by atoms with Crippen LogP contribution in [0.3, 0.4) is 0 Å². The summed E-state index contributed by atoms with van der Waals surface area (Å²) in [6, 6.07) is 11.2. The summed E-state index contributed by atoms with van der Waals surface area (Å²) in [4.78, 5) is 17.9. The molecule has 6 nitrogen and oxygen atoms in total. The Morgan fingerprint density at radius 2 is 1.93 bits per heavy atom. The summed E-state index contributed by atoms with van der Waals surface area (Å²) in [6.07, 6.45) is 1.64. The molecular weight excluding hydrogens is 674 g/mol. The number of hydrogen-bond donors (Lipinski definition) is 0. The SMILES string of the molecule is CC(C)(C)c1nc2ccc(Br)cc2c(=O)n1N=Cc1cc(I)c(OCC#N)c(I)c1. The largest absolute Gasteiger partial charge is 0.477 e. The van der Waals surface area contributed by atoms with Crippen LogP contribution >= 0.6 is 61.1 Å². The molecule has 1 heterocycles. The number of nitrogens with zero attached hydrogens (tertiary/aromatic N) is 4. The molecule has 0 saturated carbocycles. The normalized spacial score (nSPS) is 11.8. The van der Waals surface area contributed by atoms with Crippen LogP contribution in [0, 0.1) is 18.5 Å². The van der Waals surface area contributed by atoms with Crippen LogP contribution in [0.4, 0.5) is 0 Å². The van der Waals surface area contributed by atoms with E-state index >= 15 is 0 Å². The van der Waals surface area contributed by atoms with Crippen LogP contribution in [0.15, 0.2) is 44.7 Å². The topological polar surface area (TPSA) is 80.3 Å². The fourth-order valence-electron chi connectivity index (χ4n) is 2.76. The lowest BCUT2D eigenvalue weighted by Gasteiger charge is -2.20. The Morgan fingerprint density at radius 3 is 2.53 bits per heavy atom. The molecule has 30 heavy (non-hydrogen) atoms. The van der Waals surface area contributed by atoms with E-state index in [0.29, 0.717) is 22.5 Å². The minimum absolute atomic E-state index is 0.0118. The van der Waals surface area contributed by atoms with Crippen molar-refractivity contribution in [2.45, 2.75) is 26.2 Å². The smallest absolute Gasteiger partial charge is 0.282 e. The molecule has 0 aliphatic rings. The zero-order valence-corrected chi connectivity index (χ0v) is 22.3. The molecule has 0 fully saturated rings. The molecule has 2 aromatic carbocycles. The van der Waals surface area contributed by atoms with Crippen molar-refractivity contribution >= 4 is 78.2 Å². The van der Waals surface area contributed by atoms with Gasteiger partial charge in [0.25, 0.3) is 5.56 Å². The average Bonchev–Trinajstić information content (AvgIpc) is 2.66. The molecule has 0 atom stereocenters. The molecule has 3 rings (SSSR count). The highest BCUT2D eigenvalue weighted by Crippen LogP contribution is 2.29. The number of aromatic nitrogens is 2. The van der Waals surface area contributed by atoms with E-state index in [0.717, 1.165) is 17.2 Å². The summed E-state index contributed by atoms with van der Waals surface area (Å²) in [5.74, 6) is 1.25. The van der Waals surface area contributed by atoms with Gasteiger partial charge in [-0.2, -0.15) is 15.0 Å². The van der Waals surface area contributed by atoms with Gasteiger partial charge in [-0.3, -0.25) is 4.79 Å². The van der Waals surface area contributed by atoms with Crippen molar-refractivity contribution in [3.63, 3.8) is 0 Å². The zero-order valence-electron chi connectivity index (χ0n) is 16.4. The number of rotatable bonds is 4. The molecule has 0 aliphatic carbocycles. The van der Waals surface area contributed by atoms with E-state index in [2.05, 4.69) is 66.2 Å². The predicted octanol–water partition coefficient (Wildman–Crippen LogP) is 5.45. The second kappa shape index (κ2) is 9.32. The van der Waals surface area contributed by atoms with E-state index in [1.807, 2.05) is 51.1 Å². The molecule has 0 radical (unpaired) electrons. The average molecular weight is 691 g/mol. The number of halogens is 3. The molecule has 0 aliphatic heterocycles. The van der Waals surface area contributed by atoms with Gasteiger partial charge in [-0.05, 0) is 81.1 Å². The maximum Gasteiger partial charge on any atom is 0.282 e. The summed E-state index contributed by atoms with van der Waals surface area (Å²) < 4.78 is 9.39. The molecule has 0 spiro atoms. The lowest BCUT2D eigenvalue weighted by Crippen LogP contribution is -2.29. The first-order valence-electron chi connectivity index (χ1n) is 8.88.